The Bertz CT molecular complexity index is 956. The first kappa shape index (κ1) is 19.1. The topological polar surface area (TPSA) is 83.6 Å². The molecule has 0 aliphatic carbocycles. The fourth-order valence-corrected chi connectivity index (χ4v) is 5.13. The van der Waals surface area contributed by atoms with Crippen LogP contribution in [0.1, 0.15) is 5.56 Å². The Hall–Kier alpha value is -1.68. The molecule has 1 aromatic carbocycles. The van der Waals surface area contributed by atoms with Gasteiger partial charge < -0.3 is 5.32 Å². The number of rotatable bonds is 4. The van der Waals surface area contributed by atoms with Crippen molar-refractivity contribution in [3.63, 3.8) is 0 Å². The van der Waals surface area contributed by atoms with Crippen LogP contribution in [0, 0.1) is 0 Å². The normalized spacial score (nSPS) is 23.0. The van der Waals surface area contributed by atoms with E-state index in [1.807, 2.05) is 0 Å². The van der Waals surface area contributed by atoms with E-state index in [0.29, 0.717) is 9.93 Å². The molecule has 2 aliphatic heterocycles. The molecule has 2 heterocycles. The zero-order valence-corrected chi connectivity index (χ0v) is 16.4. The molecule has 0 saturated carbocycles. The standard InChI is InChI=1S/C16H13ClN2O4S3/c17-11-3-1-2-10(6-11)7-13-15(21)19(16(24)25-13)8-14(20)18-12-4-5-26(22,23)9-12/h1-7,12H,8-9H2,(H,18,20)/b13-7+/t12-/m1/s1. The minimum Gasteiger partial charge on any atom is -0.347 e. The van der Waals surface area contributed by atoms with Crippen LogP contribution in [0.25, 0.3) is 6.08 Å². The molecule has 2 aliphatic rings. The molecule has 0 bridgehead atoms. The van der Waals surface area contributed by atoms with Gasteiger partial charge in [-0.2, -0.15) is 0 Å². The third-order valence-corrected chi connectivity index (χ3v) is 6.61. The predicted molar refractivity (Wildman–Crippen MR) is 106 cm³/mol. The number of amides is 2. The number of halogens is 1. The highest BCUT2D eigenvalue weighted by Crippen LogP contribution is 2.32. The van der Waals surface area contributed by atoms with E-state index in [9.17, 15) is 18.0 Å². The Morgan fingerprint density at radius 3 is 2.88 bits per heavy atom. The lowest BCUT2D eigenvalue weighted by Gasteiger charge is -2.16. The van der Waals surface area contributed by atoms with Crippen LogP contribution in [0.3, 0.4) is 0 Å². The number of carbonyl (C=O) groups is 2. The average Bonchev–Trinajstić information content (AvgIpc) is 3.01. The molecule has 0 unspecified atom stereocenters. The maximum absolute atomic E-state index is 12.5. The van der Waals surface area contributed by atoms with Crippen LogP contribution < -0.4 is 5.32 Å². The largest absolute Gasteiger partial charge is 0.347 e. The van der Waals surface area contributed by atoms with Gasteiger partial charge in [0.25, 0.3) is 5.91 Å². The van der Waals surface area contributed by atoms with Gasteiger partial charge in [0, 0.05) is 10.4 Å². The third kappa shape index (κ3) is 4.53. The van der Waals surface area contributed by atoms with Crippen molar-refractivity contribution >= 4 is 67.6 Å². The monoisotopic (exact) mass is 428 g/mol. The molecule has 1 N–H and O–H groups in total. The number of sulfone groups is 1. The van der Waals surface area contributed by atoms with Crippen LogP contribution in [0.2, 0.25) is 5.02 Å². The van der Waals surface area contributed by atoms with Gasteiger partial charge in [0.05, 0.1) is 16.7 Å². The van der Waals surface area contributed by atoms with Gasteiger partial charge >= 0.3 is 0 Å². The molecular weight excluding hydrogens is 416 g/mol. The summed E-state index contributed by atoms with van der Waals surface area (Å²) in [5.41, 5.74) is 0.753. The molecule has 26 heavy (non-hydrogen) atoms. The Kier molecular flexibility index (Phi) is 5.52. The minimum atomic E-state index is -3.26. The van der Waals surface area contributed by atoms with Gasteiger partial charge in [0.2, 0.25) is 5.91 Å². The highest BCUT2D eigenvalue weighted by atomic mass is 35.5. The van der Waals surface area contributed by atoms with Gasteiger partial charge in [-0.15, -0.1) is 0 Å². The number of thioether (sulfide) groups is 1. The predicted octanol–water partition coefficient (Wildman–Crippen LogP) is 1.97. The molecule has 10 heteroatoms. The molecule has 6 nitrogen and oxygen atoms in total. The molecule has 0 spiro atoms. The van der Waals surface area contributed by atoms with Gasteiger partial charge in [0.1, 0.15) is 10.9 Å². The Morgan fingerprint density at radius 1 is 1.46 bits per heavy atom. The smallest absolute Gasteiger partial charge is 0.266 e. The van der Waals surface area contributed by atoms with E-state index in [2.05, 4.69) is 5.32 Å². The molecule has 1 fully saturated rings. The van der Waals surface area contributed by atoms with Gasteiger partial charge in [-0.25, -0.2) is 8.42 Å². The summed E-state index contributed by atoms with van der Waals surface area (Å²) >= 11 is 12.2. The molecule has 0 radical (unpaired) electrons. The summed E-state index contributed by atoms with van der Waals surface area (Å²) in [4.78, 5) is 26.2. The van der Waals surface area contributed by atoms with Crippen LogP contribution in [0.4, 0.5) is 0 Å². The average molecular weight is 429 g/mol. The van der Waals surface area contributed by atoms with E-state index in [1.165, 1.54) is 11.0 Å². The lowest BCUT2D eigenvalue weighted by molar-refractivity contribution is -0.128. The maximum atomic E-state index is 12.5. The van der Waals surface area contributed by atoms with Crippen LogP contribution >= 0.6 is 35.6 Å². The van der Waals surface area contributed by atoms with Gasteiger partial charge in [-0.1, -0.05) is 47.7 Å². The number of benzene rings is 1. The summed E-state index contributed by atoms with van der Waals surface area (Å²) < 4.78 is 23.0. The Labute approximate surface area is 165 Å². The van der Waals surface area contributed by atoms with Crippen molar-refractivity contribution in [1.29, 1.82) is 0 Å². The van der Waals surface area contributed by atoms with Crippen molar-refractivity contribution in [3.8, 4) is 0 Å². The Balaban J connectivity index is 1.66. The van der Waals surface area contributed by atoms with Gasteiger partial charge in [0.15, 0.2) is 9.84 Å². The fraction of sp³-hybridized carbons (Fsp3) is 0.188. The van der Waals surface area contributed by atoms with Crippen molar-refractivity contribution in [3.05, 3.63) is 51.2 Å². The summed E-state index contributed by atoms with van der Waals surface area (Å²) in [6.07, 6.45) is 3.08. The van der Waals surface area contributed by atoms with E-state index in [1.54, 1.807) is 30.3 Å². The van der Waals surface area contributed by atoms with Gasteiger partial charge in [-0.3, -0.25) is 14.5 Å². The van der Waals surface area contributed by atoms with Crippen LogP contribution in [-0.2, 0) is 19.4 Å². The fourth-order valence-electron chi connectivity index (χ4n) is 2.45. The number of carbonyl (C=O) groups excluding carboxylic acids is 2. The van der Waals surface area contributed by atoms with Crippen LogP contribution in [-0.4, -0.2) is 47.8 Å². The van der Waals surface area contributed by atoms with Crippen molar-refractivity contribution in [2.24, 2.45) is 0 Å². The highest BCUT2D eigenvalue weighted by molar-refractivity contribution is 8.26. The van der Waals surface area contributed by atoms with E-state index in [4.69, 9.17) is 23.8 Å². The molecule has 1 saturated heterocycles. The van der Waals surface area contributed by atoms with E-state index >= 15 is 0 Å². The van der Waals surface area contributed by atoms with Crippen molar-refractivity contribution in [2.45, 2.75) is 6.04 Å². The number of thiocarbonyl (C=S) groups is 1. The van der Waals surface area contributed by atoms with Crippen LogP contribution in [0.15, 0.2) is 40.7 Å². The summed E-state index contributed by atoms with van der Waals surface area (Å²) in [5.74, 6) is -1.02. The summed E-state index contributed by atoms with van der Waals surface area (Å²) in [6, 6.07) is 6.43. The molecule has 0 aromatic heterocycles. The second kappa shape index (κ2) is 7.51. The van der Waals surface area contributed by atoms with E-state index in [-0.39, 0.29) is 22.5 Å². The van der Waals surface area contributed by atoms with Crippen molar-refractivity contribution < 1.29 is 18.0 Å². The maximum Gasteiger partial charge on any atom is 0.266 e. The summed E-state index contributed by atoms with van der Waals surface area (Å²) in [5, 5.41) is 4.19. The SMILES string of the molecule is O=C(CN1C(=O)/C(=C\c2cccc(Cl)c2)SC1=S)N[C@@H]1C=CS(=O)(=O)C1. The first-order valence-corrected chi connectivity index (χ1v) is 10.8. The molecular formula is C16H13ClN2O4S3. The number of hydrogen-bond donors (Lipinski definition) is 1. The second-order valence-electron chi connectivity index (χ2n) is 5.65. The number of nitrogens with one attached hydrogen (secondary N) is 1. The summed E-state index contributed by atoms with van der Waals surface area (Å²) in [6.45, 7) is -0.262. The third-order valence-electron chi connectivity index (χ3n) is 3.60. The van der Waals surface area contributed by atoms with Gasteiger partial charge in [-0.05, 0) is 29.8 Å². The lowest BCUT2D eigenvalue weighted by Crippen LogP contribution is -2.43. The first-order chi connectivity index (χ1) is 12.2. The number of nitrogens with zero attached hydrogens (tertiary/aromatic N) is 1. The molecule has 1 atom stereocenters. The number of hydrogen-bond acceptors (Lipinski definition) is 6. The molecule has 136 valence electrons. The van der Waals surface area contributed by atoms with E-state index in [0.717, 1.165) is 22.7 Å². The van der Waals surface area contributed by atoms with Crippen LogP contribution in [0.5, 0.6) is 0 Å². The lowest BCUT2D eigenvalue weighted by atomic mass is 10.2. The van der Waals surface area contributed by atoms with Crippen molar-refractivity contribution in [1.82, 2.24) is 10.2 Å². The second-order valence-corrected chi connectivity index (χ2v) is 9.70. The van der Waals surface area contributed by atoms with E-state index < -0.39 is 21.8 Å². The zero-order chi connectivity index (χ0) is 18.9. The zero-order valence-electron chi connectivity index (χ0n) is 13.2. The summed E-state index contributed by atoms with van der Waals surface area (Å²) in [7, 11) is -3.26. The molecule has 2 amide bonds. The highest BCUT2D eigenvalue weighted by Gasteiger charge is 2.34. The van der Waals surface area contributed by atoms with Crippen molar-refractivity contribution in [2.75, 3.05) is 12.3 Å². The molecule has 3 rings (SSSR count). The minimum absolute atomic E-state index is 0.175. The Morgan fingerprint density at radius 2 is 2.23 bits per heavy atom. The first-order valence-electron chi connectivity index (χ1n) is 7.45. The quantitative estimate of drug-likeness (QED) is 0.583. The molecule has 1 aromatic rings.